The van der Waals surface area contributed by atoms with Gasteiger partial charge in [-0.15, -0.1) is 0 Å². The Labute approximate surface area is 192 Å². The number of nitrogens with one attached hydrogen (secondary N) is 1. The first-order chi connectivity index (χ1) is 14.6. The van der Waals surface area contributed by atoms with E-state index in [9.17, 15) is 4.79 Å². The second kappa shape index (κ2) is 8.20. The van der Waals surface area contributed by atoms with Crippen LogP contribution in [0.4, 0.5) is 5.82 Å². The fourth-order valence-corrected chi connectivity index (χ4v) is 6.35. The zero-order chi connectivity index (χ0) is 20.7. The van der Waals surface area contributed by atoms with Crippen molar-refractivity contribution in [1.29, 1.82) is 0 Å². The molecular formula is C22H26IN5OS. The number of piperidine rings is 2. The summed E-state index contributed by atoms with van der Waals surface area (Å²) in [6, 6.07) is 6.30. The second-order valence-electron chi connectivity index (χ2n) is 8.57. The average molecular weight is 535 g/mol. The van der Waals surface area contributed by atoms with E-state index in [4.69, 9.17) is 4.98 Å². The number of aromatic nitrogens is 3. The van der Waals surface area contributed by atoms with Crippen LogP contribution in [0.3, 0.4) is 0 Å². The molecule has 2 saturated heterocycles. The topological polar surface area (TPSA) is 55.1 Å². The van der Waals surface area contributed by atoms with Crippen LogP contribution in [0.1, 0.15) is 25.7 Å². The Balaban J connectivity index is 1.40. The Kier molecular flexibility index (Phi) is 5.57. The lowest BCUT2D eigenvalue weighted by Gasteiger charge is -2.44. The van der Waals surface area contributed by atoms with Gasteiger partial charge in [-0.25, -0.2) is 4.98 Å². The molecule has 0 aromatic carbocycles. The molecule has 8 heteroatoms. The fraction of sp³-hybridized carbons (Fsp3) is 0.455. The molecule has 0 amide bonds. The van der Waals surface area contributed by atoms with Crippen molar-refractivity contribution in [3.8, 4) is 11.1 Å². The summed E-state index contributed by atoms with van der Waals surface area (Å²) in [7, 11) is 3.32. The maximum Gasteiger partial charge on any atom is 0.275 e. The van der Waals surface area contributed by atoms with Crippen LogP contribution in [-0.2, 0) is 7.05 Å². The van der Waals surface area contributed by atoms with Crippen molar-refractivity contribution < 1.29 is 0 Å². The minimum absolute atomic E-state index is 0.0210. The van der Waals surface area contributed by atoms with E-state index in [0.29, 0.717) is 5.41 Å². The highest BCUT2D eigenvalue weighted by Crippen LogP contribution is 2.40. The molecule has 0 bridgehead atoms. The van der Waals surface area contributed by atoms with E-state index in [1.165, 1.54) is 47.9 Å². The molecule has 2 aliphatic heterocycles. The molecule has 2 fully saturated rings. The minimum Gasteiger partial charge on any atom is -0.357 e. The van der Waals surface area contributed by atoms with Crippen LogP contribution < -0.4 is 15.8 Å². The van der Waals surface area contributed by atoms with Crippen molar-refractivity contribution in [3.05, 3.63) is 47.1 Å². The van der Waals surface area contributed by atoms with Crippen LogP contribution >= 0.6 is 30.3 Å². The van der Waals surface area contributed by atoms with Gasteiger partial charge in [0.1, 0.15) is 11.3 Å². The zero-order valence-corrected chi connectivity index (χ0v) is 20.1. The van der Waals surface area contributed by atoms with Gasteiger partial charge < -0.3 is 14.8 Å². The summed E-state index contributed by atoms with van der Waals surface area (Å²) in [5.74, 6) is 1.06. The predicted octanol–water partition coefficient (Wildman–Crippen LogP) is 4.22. The van der Waals surface area contributed by atoms with E-state index < -0.39 is 0 Å². The first-order valence-corrected chi connectivity index (χ1v) is 13.8. The van der Waals surface area contributed by atoms with Gasteiger partial charge in [-0.1, -0.05) is 0 Å². The molecule has 0 aliphatic carbocycles. The number of pyridine rings is 2. The summed E-state index contributed by atoms with van der Waals surface area (Å²) < 4.78 is 3.59. The number of fused-ring (bicyclic) bond motifs is 1. The largest absolute Gasteiger partial charge is 0.357 e. The van der Waals surface area contributed by atoms with Gasteiger partial charge in [-0.2, -0.15) is 0 Å². The van der Waals surface area contributed by atoms with Crippen LogP contribution in [0.2, 0.25) is 0 Å². The summed E-state index contributed by atoms with van der Waals surface area (Å²) in [6.45, 7) is 4.51. The number of rotatable bonds is 3. The standard InChI is InChI=1S/C22H26IN5OS/c1-26-15-18(17-4-11-28(30-23)20(17)21(26)29)16-2-3-19(25-14-16)27-12-7-22(8-13-27)5-9-24-10-6-22/h2-4,11,14-15,24H,5-10,12-13H2,1H3. The maximum absolute atomic E-state index is 12.6. The van der Waals surface area contributed by atoms with Crippen molar-refractivity contribution in [2.24, 2.45) is 12.5 Å². The first kappa shape index (κ1) is 20.4. The predicted molar refractivity (Wildman–Crippen MR) is 133 cm³/mol. The van der Waals surface area contributed by atoms with Crippen LogP contribution in [0.15, 0.2) is 41.6 Å². The molecule has 0 atom stereocenters. The van der Waals surface area contributed by atoms with E-state index in [1.807, 2.05) is 35.7 Å². The molecule has 1 N–H and O–H groups in total. The minimum atomic E-state index is 0.0210. The molecular weight excluding hydrogens is 509 g/mol. The van der Waals surface area contributed by atoms with Gasteiger partial charge in [-0.3, -0.25) is 8.77 Å². The number of hydrogen-bond acceptors (Lipinski definition) is 5. The number of aryl methyl sites for hydroxylation is 1. The third kappa shape index (κ3) is 3.56. The summed E-state index contributed by atoms with van der Waals surface area (Å²) >= 11 is 2.21. The third-order valence-corrected chi connectivity index (χ3v) is 8.66. The zero-order valence-electron chi connectivity index (χ0n) is 17.1. The van der Waals surface area contributed by atoms with E-state index in [0.717, 1.165) is 40.9 Å². The highest BCUT2D eigenvalue weighted by Gasteiger charge is 2.35. The van der Waals surface area contributed by atoms with Crippen LogP contribution in [-0.4, -0.2) is 39.7 Å². The molecule has 0 unspecified atom stereocenters. The quantitative estimate of drug-likeness (QED) is 0.510. The van der Waals surface area contributed by atoms with Gasteiger partial charge in [0.15, 0.2) is 0 Å². The lowest BCUT2D eigenvalue weighted by Crippen LogP contribution is -2.45. The third-order valence-electron chi connectivity index (χ3n) is 6.93. The second-order valence-corrected chi connectivity index (χ2v) is 10.3. The molecule has 2 aliphatic rings. The van der Waals surface area contributed by atoms with E-state index >= 15 is 0 Å². The van der Waals surface area contributed by atoms with Crippen molar-refractivity contribution in [3.63, 3.8) is 0 Å². The van der Waals surface area contributed by atoms with E-state index in [2.05, 4.69) is 43.6 Å². The molecule has 1 spiro atoms. The number of halogens is 1. The first-order valence-electron chi connectivity index (χ1n) is 10.5. The SMILES string of the molecule is Cn1cc(-c2ccc(N3CCC4(CCNCC4)CC3)nc2)c2ccn(SI)c2c1=O. The Morgan fingerprint density at radius 1 is 1.13 bits per heavy atom. The monoisotopic (exact) mass is 535 g/mol. The van der Waals surface area contributed by atoms with Gasteiger partial charge >= 0.3 is 0 Å². The van der Waals surface area contributed by atoms with Crippen molar-refractivity contribution in [2.45, 2.75) is 25.7 Å². The molecule has 3 aromatic rings. The molecule has 0 saturated carbocycles. The maximum atomic E-state index is 12.6. The Morgan fingerprint density at radius 2 is 1.90 bits per heavy atom. The number of anilines is 1. The van der Waals surface area contributed by atoms with Crippen molar-refractivity contribution in [1.82, 2.24) is 18.8 Å². The summed E-state index contributed by atoms with van der Waals surface area (Å²) in [4.78, 5) is 19.9. The van der Waals surface area contributed by atoms with E-state index in [-0.39, 0.29) is 5.56 Å². The molecule has 6 nitrogen and oxygen atoms in total. The van der Waals surface area contributed by atoms with Gasteiger partial charge in [0.05, 0.1) is 0 Å². The fourth-order valence-electron chi connectivity index (χ4n) is 5.02. The summed E-state index contributed by atoms with van der Waals surface area (Å²) in [5.41, 5.74) is 3.38. The molecule has 5 heterocycles. The normalized spacial score (nSPS) is 18.9. The highest BCUT2D eigenvalue weighted by atomic mass is 127. The van der Waals surface area contributed by atoms with Gasteiger partial charge in [-0.05, 0) is 62.4 Å². The summed E-state index contributed by atoms with van der Waals surface area (Å²) in [6.07, 6.45) is 11.0. The van der Waals surface area contributed by atoms with Crippen LogP contribution in [0.25, 0.3) is 22.0 Å². The van der Waals surface area contributed by atoms with Crippen LogP contribution in [0.5, 0.6) is 0 Å². The van der Waals surface area contributed by atoms with Gasteiger partial charge in [0.2, 0.25) is 0 Å². The van der Waals surface area contributed by atoms with Crippen molar-refractivity contribution >= 4 is 47.0 Å². The highest BCUT2D eigenvalue weighted by molar-refractivity contribution is 14.2. The Morgan fingerprint density at radius 3 is 2.57 bits per heavy atom. The lowest BCUT2D eigenvalue weighted by molar-refractivity contribution is 0.154. The Hall–Kier alpha value is -1.52. The molecule has 158 valence electrons. The molecule has 3 aromatic heterocycles. The number of nitrogens with zero attached hydrogens (tertiary/aromatic N) is 4. The smallest absolute Gasteiger partial charge is 0.275 e. The molecule has 5 rings (SSSR count). The van der Waals surface area contributed by atoms with Gasteiger partial charge in [0.25, 0.3) is 5.56 Å². The van der Waals surface area contributed by atoms with Crippen LogP contribution in [0, 0.1) is 5.41 Å². The molecule has 30 heavy (non-hydrogen) atoms. The molecule has 0 radical (unpaired) electrons. The van der Waals surface area contributed by atoms with Gasteiger partial charge in [0, 0.05) is 85.6 Å². The van der Waals surface area contributed by atoms with E-state index in [1.54, 1.807) is 4.57 Å². The van der Waals surface area contributed by atoms with Crippen molar-refractivity contribution in [2.75, 3.05) is 31.1 Å². The number of hydrogen-bond donors (Lipinski definition) is 1. The Bertz CT molecular complexity index is 1110. The summed E-state index contributed by atoms with van der Waals surface area (Å²) in [5, 5.41) is 4.47. The average Bonchev–Trinajstić information content (AvgIpc) is 3.22. The lowest BCUT2D eigenvalue weighted by atomic mass is 9.71.